The molecule has 2 amide bonds. The number of rotatable bonds is 7. The first-order valence-corrected chi connectivity index (χ1v) is 10.6. The van der Waals surface area contributed by atoms with Crippen molar-refractivity contribution in [3.8, 4) is 5.75 Å². The number of nitro benzene ring substituents is 1. The van der Waals surface area contributed by atoms with Gasteiger partial charge in [-0.05, 0) is 54.1 Å². The third kappa shape index (κ3) is 6.41. The van der Waals surface area contributed by atoms with E-state index in [2.05, 4.69) is 26.6 Å². The Balaban J connectivity index is 1.97. The summed E-state index contributed by atoms with van der Waals surface area (Å²) in [6, 6.07) is 17.0. The first-order valence-electron chi connectivity index (χ1n) is 9.45. The second kappa shape index (κ2) is 10.8. The highest BCUT2D eigenvalue weighted by Crippen LogP contribution is 2.24. The first-order chi connectivity index (χ1) is 15.8. The summed E-state index contributed by atoms with van der Waals surface area (Å²) in [5.74, 6) is -0.925. The molecule has 0 aliphatic rings. The molecule has 0 heterocycles. The van der Waals surface area contributed by atoms with Crippen LogP contribution in [0.1, 0.15) is 15.9 Å². The lowest BCUT2D eigenvalue weighted by molar-refractivity contribution is -0.384. The highest BCUT2D eigenvalue weighted by Gasteiger charge is 2.19. The van der Waals surface area contributed by atoms with Crippen molar-refractivity contribution in [2.45, 2.75) is 0 Å². The Labute approximate surface area is 202 Å². The molecular weight excluding hydrogens is 514 g/mol. The van der Waals surface area contributed by atoms with Crippen LogP contribution in [0.5, 0.6) is 5.75 Å². The van der Waals surface area contributed by atoms with E-state index in [9.17, 15) is 19.7 Å². The van der Waals surface area contributed by atoms with Crippen LogP contribution >= 0.6 is 27.5 Å². The average Bonchev–Trinajstić information content (AvgIpc) is 2.80. The van der Waals surface area contributed by atoms with E-state index in [1.807, 2.05) is 0 Å². The van der Waals surface area contributed by atoms with Crippen LogP contribution < -0.4 is 15.4 Å². The van der Waals surface area contributed by atoms with Gasteiger partial charge in [0.2, 0.25) is 0 Å². The lowest BCUT2D eigenvalue weighted by Gasteiger charge is -2.13. The topological polar surface area (TPSA) is 111 Å². The van der Waals surface area contributed by atoms with Gasteiger partial charge in [0, 0.05) is 27.3 Å². The average molecular weight is 531 g/mol. The molecule has 3 rings (SSSR count). The zero-order valence-electron chi connectivity index (χ0n) is 17.2. The fourth-order valence-electron chi connectivity index (χ4n) is 2.83. The molecule has 0 radical (unpaired) electrons. The Morgan fingerprint density at radius 2 is 1.82 bits per heavy atom. The molecule has 33 heavy (non-hydrogen) atoms. The van der Waals surface area contributed by atoms with Crippen molar-refractivity contribution in [3.05, 3.63) is 103 Å². The SMILES string of the molecule is COc1ccc(Br)cc1C(=O)NC(=Cc1cccc([N+](=O)[O-])c1)C(=O)Nc1ccc(Cl)cc1. The summed E-state index contributed by atoms with van der Waals surface area (Å²) in [6.07, 6.45) is 1.35. The van der Waals surface area contributed by atoms with Gasteiger partial charge in [-0.15, -0.1) is 0 Å². The number of hydrogen-bond acceptors (Lipinski definition) is 5. The third-order valence-electron chi connectivity index (χ3n) is 4.39. The van der Waals surface area contributed by atoms with Gasteiger partial charge in [-0.25, -0.2) is 0 Å². The van der Waals surface area contributed by atoms with Gasteiger partial charge < -0.3 is 15.4 Å². The van der Waals surface area contributed by atoms with Gasteiger partial charge in [-0.3, -0.25) is 19.7 Å². The lowest BCUT2D eigenvalue weighted by atomic mass is 10.1. The maximum absolute atomic E-state index is 13.0. The van der Waals surface area contributed by atoms with Gasteiger partial charge in [0.1, 0.15) is 11.4 Å². The second-order valence-electron chi connectivity index (χ2n) is 6.67. The van der Waals surface area contributed by atoms with E-state index in [0.717, 1.165) is 0 Å². The maximum atomic E-state index is 13.0. The number of benzene rings is 3. The van der Waals surface area contributed by atoms with Crippen molar-refractivity contribution in [2.24, 2.45) is 0 Å². The molecule has 0 atom stereocenters. The molecule has 3 aromatic rings. The number of ether oxygens (including phenoxy) is 1. The van der Waals surface area contributed by atoms with Crippen LogP contribution in [0.2, 0.25) is 5.02 Å². The van der Waals surface area contributed by atoms with E-state index in [1.165, 1.54) is 31.4 Å². The first kappa shape index (κ1) is 24.0. The largest absolute Gasteiger partial charge is 0.496 e. The molecule has 0 aromatic heterocycles. The van der Waals surface area contributed by atoms with Crippen molar-refractivity contribution in [3.63, 3.8) is 0 Å². The number of anilines is 1. The number of carbonyl (C=O) groups is 2. The van der Waals surface area contributed by atoms with Gasteiger partial charge in [0.25, 0.3) is 17.5 Å². The normalized spacial score (nSPS) is 10.9. The molecule has 8 nitrogen and oxygen atoms in total. The second-order valence-corrected chi connectivity index (χ2v) is 8.02. The van der Waals surface area contributed by atoms with Crippen LogP contribution in [0.3, 0.4) is 0 Å². The van der Waals surface area contributed by atoms with Gasteiger partial charge >= 0.3 is 0 Å². The molecule has 0 aliphatic carbocycles. The van der Waals surface area contributed by atoms with Crippen molar-refractivity contribution in [1.82, 2.24) is 5.32 Å². The number of nitrogens with zero attached hydrogens (tertiary/aromatic N) is 1. The van der Waals surface area contributed by atoms with Crippen molar-refractivity contribution in [2.75, 3.05) is 12.4 Å². The van der Waals surface area contributed by atoms with E-state index in [4.69, 9.17) is 16.3 Å². The summed E-state index contributed by atoms with van der Waals surface area (Å²) >= 11 is 9.19. The van der Waals surface area contributed by atoms with Crippen LogP contribution in [0.25, 0.3) is 6.08 Å². The molecule has 0 unspecified atom stereocenters. The van der Waals surface area contributed by atoms with Crippen LogP contribution in [-0.2, 0) is 4.79 Å². The van der Waals surface area contributed by atoms with Crippen molar-refractivity contribution in [1.29, 1.82) is 0 Å². The Kier molecular flexibility index (Phi) is 7.81. The predicted molar refractivity (Wildman–Crippen MR) is 129 cm³/mol. The van der Waals surface area contributed by atoms with Crippen molar-refractivity contribution < 1.29 is 19.2 Å². The standard InChI is InChI=1S/C23H17BrClN3O5/c1-33-21-10-5-15(24)13-19(21)22(29)27-20(12-14-3-2-4-18(11-14)28(31)32)23(30)26-17-8-6-16(25)7-9-17/h2-13H,1H3,(H,26,30)(H,27,29). The summed E-state index contributed by atoms with van der Waals surface area (Å²) < 4.78 is 5.88. The van der Waals surface area contributed by atoms with Crippen LogP contribution in [0.4, 0.5) is 11.4 Å². The van der Waals surface area contributed by atoms with Crippen LogP contribution in [-0.4, -0.2) is 23.8 Å². The zero-order valence-corrected chi connectivity index (χ0v) is 19.5. The molecule has 0 fully saturated rings. The Bertz CT molecular complexity index is 1250. The number of methoxy groups -OCH3 is 1. The van der Waals surface area contributed by atoms with Gasteiger partial charge in [-0.2, -0.15) is 0 Å². The summed E-state index contributed by atoms with van der Waals surface area (Å²) in [5.41, 5.74) is 0.713. The molecule has 10 heteroatoms. The maximum Gasteiger partial charge on any atom is 0.272 e. The van der Waals surface area contributed by atoms with E-state index in [-0.39, 0.29) is 16.9 Å². The molecular formula is C23H17BrClN3O5. The fraction of sp³-hybridized carbons (Fsp3) is 0.0435. The highest BCUT2D eigenvalue weighted by molar-refractivity contribution is 9.10. The summed E-state index contributed by atoms with van der Waals surface area (Å²) in [4.78, 5) is 36.6. The number of non-ortho nitro benzene ring substituents is 1. The summed E-state index contributed by atoms with van der Waals surface area (Å²) in [6.45, 7) is 0. The van der Waals surface area contributed by atoms with Gasteiger partial charge in [0.05, 0.1) is 17.6 Å². The van der Waals surface area contributed by atoms with Gasteiger partial charge in [-0.1, -0.05) is 39.7 Å². The Morgan fingerprint density at radius 3 is 2.48 bits per heavy atom. The quantitative estimate of drug-likeness (QED) is 0.240. The molecule has 3 aromatic carbocycles. The number of nitro groups is 1. The predicted octanol–water partition coefficient (Wildman–Crippen LogP) is 5.43. The monoisotopic (exact) mass is 529 g/mol. The number of amides is 2. The summed E-state index contributed by atoms with van der Waals surface area (Å²) in [7, 11) is 1.42. The fourth-order valence-corrected chi connectivity index (χ4v) is 3.32. The van der Waals surface area contributed by atoms with E-state index >= 15 is 0 Å². The minimum Gasteiger partial charge on any atom is -0.496 e. The molecule has 168 valence electrons. The minimum atomic E-state index is -0.633. The third-order valence-corrected chi connectivity index (χ3v) is 5.14. The molecule has 0 aliphatic heterocycles. The number of halogens is 2. The molecule has 0 saturated carbocycles. The minimum absolute atomic E-state index is 0.127. The summed E-state index contributed by atoms with van der Waals surface area (Å²) in [5, 5.41) is 16.9. The molecule has 0 spiro atoms. The highest BCUT2D eigenvalue weighted by atomic mass is 79.9. The number of nitrogens with one attached hydrogen (secondary N) is 2. The number of carbonyl (C=O) groups excluding carboxylic acids is 2. The van der Waals surface area contributed by atoms with Gasteiger partial charge in [0.15, 0.2) is 0 Å². The van der Waals surface area contributed by atoms with E-state index in [0.29, 0.717) is 26.5 Å². The molecule has 2 N–H and O–H groups in total. The lowest BCUT2D eigenvalue weighted by Crippen LogP contribution is -2.31. The molecule has 0 bridgehead atoms. The smallest absolute Gasteiger partial charge is 0.272 e. The van der Waals surface area contributed by atoms with Crippen molar-refractivity contribution >= 4 is 56.8 Å². The van der Waals surface area contributed by atoms with Crippen LogP contribution in [0.15, 0.2) is 76.9 Å². The van der Waals surface area contributed by atoms with Crippen LogP contribution in [0, 0.1) is 10.1 Å². The zero-order chi connectivity index (χ0) is 24.0. The molecule has 0 saturated heterocycles. The Hall–Kier alpha value is -3.69. The Morgan fingerprint density at radius 1 is 1.09 bits per heavy atom. The van der Waals surface area contributed by atoms with E-state index in [1.54, 1.807) is 48.5 Å². The number of hydrogen-bond donors (Lipinski definition) is 2. The van der Waals surface area contributed by atoms with E-state index < -0.39 is 16.7 Å².